The van der Waals surface area contributed by atoms with Gasteiger partial charge in [-0.15, -0.1) is 0 Å². The van der Waals surface area contributed by atoms with Crippen molar-refractivity contribution in [2.45, 2.75) is 48.4 Å². The summed E-state index contributed by atoms with van der Waals surface area (Å²) < 4.78 is 224. The maximum Gasteiger partial charge on any atom is 0.476 e. The van der Waals surface area contributed by atoms with Gasteiger partial charge in [0.1, 0.15) is 0 Å². The number of carbonyl (C=O) groups excluding carboxylic acids is 1. The first-order valence-electron chi connectivity index (χ1n) is 5.92. The van der Waals surface area contributed by atoms with Crippen LogP contribution in [-0.4, -0.2) is 54.4 Å². The molecule has 0 saturated carbocycles. The van der Waals surface area contributed by atoms with Gasteiger partial charge in [0, 0.05) is 0 Å². The monoisotopic (exact) mass is 498 g/mol. The van der Waals surface area contributed by atoms with Crippen molar-refractivity contribution >= 4 is 5.97 Å². The van der Waals surface area contributed by atoms with Crippen LogP contribution in [0.15, 0.2) is 0 Å². The van der Waals surface area contributed by atoms with E-state index in [1.807, 2.05) is 0 Å². The molecule has 0 atom stereocenters. The molecule has 3 nitrogen and oxygen atoms in total. The first-order chi connectivity index (χ1) is 12.6. The second kappa shape index (κ2) is 7.11. The van der Waals surface area contributed by atoms with Crippen LogP contribution in [0, 0.1) is 0 Å². The van der Waals surface area contributed by atoms with Crippen molar-refractivity contribution in [3.63, 3.8) is 0 Å². The Morgan fingerprint density at radius 3 is 1.07 bits per heavy atom. The molecule has 0 heterocycles. The Bertz CT molecular complexity index is 642. The molecule has 0 N–H and O–H groups in total. The number of esters is 1. The molecule has 0 spiro atoms. The molecule has 0 amide bonds. The third kappa shape index (κ3) is 4.58. The molecule has 0 fully saturated rings. The van der Waals surface area contributed by atoms with Crippen LogP contribution in [0.1, 0.15) is 0 Å². The molecule has 0 radical (unpaired) electrons. The lowest BCUT2D eigenvalue weighted by molar-refractivity contribution is -0.493. The van der Waals surface area contributed by atoms with Crippen LogP contribution in [0.25, 0.3) is 0 Å². The summed E-state index contributed by atoms with van der Waals surface area (Å²) >= 11 is 0. The fourth-order valence-electron chi connectivity index (χ4n) is 0.983. The van der Waals surface area contributed by atoms with Crippen LogP contribution in [0.4, 0.5) is 79.0 Å². The van der Waals surface area contributed by atoms with Crippen LogP contribution in [0.5, 0.6) is 0 Å². The fraction of sp³-hybridized carbons (Fsp3) is 0.889. The average Bonchev–Trinajstić information content (AvgIpc) is 2.42. The third-order valence-corrected chi connectivity index (χ3v) is 2.54. The minimum atomic E-state index is -7.68. The van der Waals surface area contributed by atoms with Crippen LogP contribution >= 0.6 is 0 Å². The molecule has 0 aliphatic rings. The smallest absolute Gasteiger partial charge is 0.391 e. The highest BCUT2D eigenvalue weighted by atomic mass is 19.4. The van der Waals surface area contributed by atoms with Crippen molar-refractivity contribution in [3.8, 4) is 0 Å². The molecule has 0 bridgehead atoms. The van der Waals surface area contributed by atoms with E-state index >= 15 is 0 Å². The van der Waals surface area contributed by atoms with Gasteiger partial charge >= 0.3 is 54.4 Å². The van der Waals surface area contributed by atoms with Gasteiger partial charge in [0.25, 0.3) is 0 Å². The lowest BCUT2D eigenvalue weighted by atomic mass is 10.2. The van der Waals surface area contributed by atoms with Gasteiger partial charge in [-0.3, -0.25) is 0 Å². The number of ether oxygens (including phenoxy) is 2. The number of hydrogen-bond donors (Lipinski definition) is 0. The normalized spacial score (nSPS) is 15.9. The predicted molar refractivity (Wildman–Crippen MR) is 49.0 cm³/mol. The van der Waals surface area contributed by atoms with Gasteiger partial charge < -0.3 is 4.74 Å². The molecule has 0 saturated heterocycles. The zero-order valence-corrected chi connectivity index (χ0v) is 12.5. The summed E-state index contributed by atoms with van der Waals surface area (Å²) in [6, 6.07) is 0. The van der Waals surface area contributed by atoms with Crippen LogP contribution < -0.4 is 0 Å². The highest BCUT2D eigenvalue weighted by Crippen LogP contribution is 2.52. The van der Waals surface area contributed by atoms with E-state index in [1.54, 1.807) is 4.74 Å². The van der Waals surface area contributed by atoms with E-state index < -0.39 is 54.4 Å². The zero-order chi connectivity index (χ0) is 25.0. The standard InChI is InChI=1S/C9F18O3/c10-2(11,1(28)29-8(24,25)3(12,13)5(16,17)18)7(22,23)30-9(26,27)4(14,15)6(19,20)21. The van der Waals surface area contributed by atoms with Crippen molar-refractivity contribution in [1.82, 2.24) is 0 Å². The maximum atomic E-state index is 13.0. The Labute approximate surface area is 149 Å². The summed E-state index contributed by atoms with van der Waals surface area (Å²) in [5.41, 5.74) is 0. The van der Waals surface area contributed by atoms with Gasteiger partial charge in [0.2, 0.25) is 0 Å². The highest BCUT2D eigenvalue weighted by Gasteiger charge is 2.81. The number of alkyl halides is 18. The van der Waals surface area contributed by atoms with E-state index in [0.29, 0.717) is 0 Å². The Balaban J connectivity index is 5.94. The largest absolute Gasteiger partial charge is 0.476 e. The molecule has 0 aromatic carbocycles. The minimum absolute atomic E-state index is 1.23. The van der Waals surface area contributed by atoms with E-state index in [9.17, 15) is 83.8 Å². The summed E-state index contributed by atoms with van der Waals surface area (Å²) in [6.45, 7) is 0. The van der Waals surface area contributed by atoms with E-state index in [-0.39, 0.29) is 0 Å². The van der Waals surface area contributed by atoms with Crippen LogP contribution in [0.2, 0.25) is 0 Å². The molecular formula is C9F18O3. The summed E-state index contributed by atoms with van der Waals surface area (Å²) in [5.74, 6) is -27.7. The van der Waals surface area contributed by atoms with Crippen molar-refractivity contribution < 1.29 is 93.3 Å². The molecule has 0 aliphatic carbocycles. The van der Waals surface area contributed by atoms with Gasteiger partial charge in [0.05, 0.1) is 0 Å². The Morgan fingerprint density at radius 2 is 0.767 bits per heavy atom. The lowest BCUT2D eigenvalue weighted by Gasteiger charge is -2.33. The minimum Gasteiger partial charge on any atom is -0.391 e. The van der Waals surface area contributed by atoms with Gasteiger partial charge in [-0.1, -0.05) is 0 Å². The summed E-state index contributed by atoms with van der Waals surface area (Å²) in [5, 5.41) is 0. The SMILES string of the molecule is O=C(OC(F)(F)C(F)(F)C(F)(F)F)C(F)(F)C(F)(F)OC(F)(F)C(F)(F)C(F)(F)F. The maximum absolute atomic E-state index is 13.0. The van der Waals surface area contributed by atoms with E-state index in [2.05, 4.69) is 0 Å². The second-order valence-corrected chi connectivity index (χ2v) is 4.76. The molecule has 30 heavy (non-hydrogen) atoms. The van der Waals surface area contributed by atoms with E-state index in [0.717, 1.165) is 0 Å². The van der Waals surface area contributed by atoms with Crippen molar-refractivity contribution in [3.05, 3.63) is 0 Å². The number of halogens is 18. The average molecular weight is 498 g/mol. The van der Waals surface area contributed by atoms with Crippen LogP contribution in [0.3, 0.4) is 0 Å². The molecule has 21 heteroatoms. The second-order valence-electron chi connectivity index (χ2n) is 4.76. The molecule has 0 aromatic rings. The lowest BCUT2D eigenvalue weighted by Crippen LogP contribution is -2.61. The van der Waals surface area contributed by atoms with Gasteiger partial charge in [-0.25, -0.2) is 9.53 Å². The number of hydrogen-bond acceptors (Lipinski definition) is 3. The number of rotatable bonds is 7. The third-order valence-electron chi connectivity index (χ3n) is 2.54. The highest BCUT2D eigenvalue weighted by molar-refractivity contribution is 5.79. The zero-order valence-electron chi connectivity index (χ0n) is 12.5. The predicted octanol–water partition coefficient (Wildman–Crippen LogP) is 5.36. The van der Waals surface area contributed by atoms with Crippen molar-refractivity contribution in [1.29, 1.82) is 0 Å². The summed E-state index contributed by atoms with van der Waals surface area (Å²) in [6.07, 6.45) is -37.6. The van der Waals surface area contributed by atoms with Gasteiger partial charge in [0.15, 0.2) is 0 Å². The number of carbonyl (C=O) groups is 1. The van der Waals surface area contributed by atoms with Crippen molar-refractivity contribution in [2.75, 3.05) is 0 Å². The molecule has 0 rings (SSSR count). The van der Waals surface area contributed by atoms with Crippen LogP contribution in [-0.2, 0) is 14.3 Å². The molecular weight excluding hydrogens is 498 g/mol. The van der Waals surface area contributed by atoms with E-state index in [1.165, 1.54) is 4.74 Å². The van der Waals surface area contributed by atoms with E-state index in [4.69, 9.17) is 0 Å². The topological polar surface area (TPSA) is 35.5 Å². The molecule has 0 aromatic heterocycles. The first-order valence-corrected chi connectivity index (χ1v) is 5.92. The Morgan fingerprint density at radius 1 is 0.467 bits per heavy atom. The van der Waals surface area contributed by atoms with Crippen molar-refractivity contribution in [2.24, 2.45) is 0 Å². The molecule has 180 valence electrons. The first kappa shape index (κ1) is 28.2. The van der Waals surface area contributed by atoms with Gasteiger partial charge in [-0.2, -0.15) is 79.0 Å². The Kier molecular flexibility index (Phi) is 6.67. The van der Waals surface area contributed by atoms with Gasteiger partial charge in [-0.05, 0) is 0 Å². The summed E-state index contributed by atoms with van der Waals surface area (Å²) in [7, 11) is 0. The quantitative estimate of drug-likeness (QED) is 0.351. The summed E-state index contributed by atoms with van der Waals surface area (Å²) in [4.78, 5) is 10.5. The molecule has 0 aliphatic heterocycles. The Hall–Kier alpha value is -1.83. The molecule has 0 unspecified atom stereocenters. The fourth-order valence-corrected chi connectivity index (χ4v) is 0.983.